The Morgan fingerprint density at radius 3 is 2.72 bits per heavy atom. The first-order valence-corrected chi connectivity index (χ1v) is 6.17. The Morgan fingerprint density at radius 1 is 1.28 bits per heavy atom. The third-order valence-corrected chi connectivity index (χ3v) is 3.65. The summed E-state index contributed by atoms with van der Waals surface area (Å²) in [6.45, 7) is 3.52. The summed E-state index contributed by atoms with van der Waals surface area (Å²) in [7, 11) is 1.88. The maximum Gasteiger partial charge on any atom is 0.163 e. The zero-order valence-corrected chi connectivity index (χ0v) is 10.7. The van der Waals surface area contributed by atoms with Crippen molar-refractivity contribution in [3.8, 4) is 0 Å². The monoisotopic (exact) mass is 247 g/mol. The minimum absolute atomic E-state index is 0.544. The fourth-order valence-corrected chi connectivity index (χ4v) is 2.40. The molecule has 0 aromatic carbocycles. The van der Waals surface area contributed by atoms with E-state index < -0.39 is 5.60 Å². The molecule has 0 amide bonds. The van der Waals surface area contributed by atoms with E-state index in [1.54, 1.807) is 17.2 Å². The molecule has 3 rings (SSSR count). The molecule has 18 heavy (non-hydrogen) atoms. The summed E-state index contributed by atoms with van der Waals surface area (Å²) in [5.41, 5.74) is 0.301. The Hall–Kier alpha value is -1.69. The van der Waals surface area contributed by atoms with Crippen molar-refractivity contribution >= 4 is 16.9 Å². The Bertz CT molecular complexity index is 567. The molecular weight excluding hydrogens is 230 g/mol. The lowest BCUT2D eigenvalue weighted by Crippen LogP contribution is -2.42. The van der Waals surface area contributed by atoms with E-state index in [9.17, 15) is 5.11 Å². The van der Waals surface area contributed by atoms with Crippen molar-refractivity contribution in [1.29, 1.82) is 0 Å². The Kier molecular flexibility index (Phi) is 2.48. The molecule has 0 saturated carbocycles. The summed E-state index contributed by atoms with van der Waals surface area (Å²) in [6.07, 6.45) is 4.90. The predicted molar refractivity (Wildman–Crippen MR) is 68.4 cm³/mol. The topological polar surface area (TPSA) is 67.1 Å². The van der Waals surface area contributed by atoms with Crippen LogP contribution in [0, 0.1) is 0 Å². The lowest BCUT2D eigenvalue weighted by Gasteiger charge is -2.36. The molecule has 2 aromatic rings. The van der Waals surface area contributed by atoms with Gasteiger partial charge < -0.3 is 10.0 Å². The van der Waals surface area contributed by atoms with Gasteiger partial charge >= 0.3 is 0 Å². The van der Waals surface area contributed by atoms with Crippen LogP contribution in [0.15, 0.2) is 12.5 Å². The molecule has 0 unspecified atom stereocenters. The van der Waals surface area contributed by atoms with Crippen LogP contribution in [0.2, 0.25) is 0 Å². The van der Waals surface area contributed by atoms with Crippen LogP contribution in [0.3, 0.4) is 0 Å². The van der Waals surface area contributed by atoms with Gasteiger partial charge in [-0.2, -0.15) is 5.10 Å². The van der Waals surface area contributed by atoms with Crippen molar-refractivity contribution in [1.82, 2.24) is 19.7 Å². The van der Waals surface area contributed by atoms with Crippen LogP contribution in [-0.2, 0) is 7.05 Å². The van der Waals surface area contributed by atoms with Crippen molar-refractivity contribution in [3.05, 3.63) is 12.5 Å². The summed E-state index contributed by atoms with van der Waals surface area (Å²) in [5, 5.41) is 15.2. The van der Waals surface area contributed by atoms with Crippen molar-refractivity contribution in [2.75, 3.05) is 18.0 Å². The van der Waals surface area contributed by atoms with E-state index in [1.807, 2.05) is 14.0 Å². The normalized spacial score (nSPS) is 19.4. The van der Waals surface area contributed by atoms with E-state index in [2.05, 4.69) is 20.0 Å². The van der Waals surface area contributed by atoms with Gasteiger partial charge in [0.25, 0.3) is 0 Å². The molecule has 96 valence electrons. The van der Waals surface area contributed by atoms with Gasteiger partial charge in [0.15, 0.2) is 5.65 Å². The van der Waals surface area contributed by atoms with Crippen molar-refractivity contribution in [2.45, 2.75) is 25.4 Å². The van der Waals surface area contributed by atoms with E-state index in [1.165, 1.54) is 0 Å². The first-order chi connectivity index (χ1) is 8.57. The van der Waals surface area contributed by atoms with Crippen LogP contribution >= 0.6 is 0 Å². The minimum atomic E-state index is -0.544. The van der Waals surface area contributed by atoms with E-state index in [-0.39, 0.29) is 0 Å². The largest absolute Gasteiger partial charge is 0.390 e. The fourth-order valence-electron chi connectivity index (χ4n) is 2.40. The van der Waals surface area contributed by atoms with Crippen LogP contribution in [0.25, 0.3) is 11.0 Å². The molecule has 0 atom stereocenters. The number of aryl methyl sites for hydroxylation is 1. The number of aliphatic hydroxyl groups is 1. The first-order valence-electron chi connectivity index (χ1n) is 6.17. The summed E-state index contributed by atoms with van der Waals surface area (Å²) < 4.78 is 1.75. The SMILES string of the molecule is Cn1ncc2c(N3CCC(C)(O)CC3)ncnc21. The van der Waals surface area contributed by atoms with Crippen molar-refractivity contribution in [2.24, 2.45) is 7.05 Å². The number of nitrogens with zero attached hydrogens (tertiary/aromatic N) is 5. The number of piperidine rings is 1. The fraction of sp³-hybridized carbons (Fsp3) is 0.583. The number of fused-ring (bicyclic) bond motifs is 1. The molecule has 1 aliphatic rings. The van der Waals surface area contributed by atoms with Crippen molar-refractivity contribution in [3.63, 3.8) is 0 Å². The molecule has 2 aromatic heterocycles. The lowest BCUT2D eigenvalue weighted by molar-refractivity contribution is 0.0350. The molecule has 0 aliphatic carbocycles. The van der Waals surface area contributed by atoms with Gasteiger partial charge in [-0.15, -0.1) is 0 Å². The standard InChI is InChI=1S/C12H17N5O/c1-12(18)3-5-17(6-4-12)11-9-7-15-16(2)10(9)13-8-14-11/h7-8,18H,3-6H2,1-2H3. The second kappa shape index (κ2) is 3.91. The number of hydrogen-bond acceptors (Lipinski definition) is 5. The highest BCUT2D eigenvalue weighted by molar-refractivity contribution is 5.86. The Morgan fingerprint density at radius 2 is 2.00 bits per heavy atom. The number of aromatic nitrogens is 4. The molecule has 3 heterocycles. The van der Waals surface area contributed by atoms with Gasteiger partial charge in [-0.1, -0.05) is 0 Å². The molecule has 1 saturated heterocycles. The van der Waals surface area contributed by atoms with Crippen LogP contribution in [0.5, 0.6) is 0 Å². The molecule has 1 fully saturated rings. The highest BCUT2D eigenvalue weighted by Gasteiger charge is 2.28. The third-order valence-electron chi connectivity index (χ3n) is 3.65. The zero-order chi connectivity index (χ0) is 12.8. The quantitative estimate of drug-likeness (QED) is 0.804. The van der Waals surface area contributed by atoms with Gasteiger partial charge in [-0.05, 0) is 19.8 Å². The third kappa shape index (κ3) is 1.82. The summed E-state index contributed by atoms with van der Waals surface area (Å²) >= 11 is 0. The van der Waals surface area contributed by atoms with Crippen LogP contribution in [0.4, 0.5) is 5.82 Å². The summed E-state index contributed by atoms with van der Waals surface area (Å²) in [4.78, 5) is 10.8. The molecule has 0 radical (unpaired) electrons. The predicted octanol–water partition coefficient (Wildman–Crippen LogP) is 0.715. The molecular formula is C12H17N5O. The molecule has 6 heteroatoms. The Balaban J connectivity index is 1.95. The van der Waals surface area contributed by atoms with Gasteiger partial charge in [-0.25, -0.2) is 9.97 Å². The maximum absolute atomic E-state index is 9.98. The first kappa shape index (κ1) is 11.4. The van der Waals surface area contributed by atoms with E-state index in [4.69, 9.17) is 0 Å². The average Bonchev–Trinajstić information content (AvgIpc) is 2.72. The molecule has 1 aliphatic heterocycles. The van der Waals surface area contributed by atoms with E-state index in [0.29, 0.717) is 0 Å². The minimum Gasteiger partial charge on any atom is -0.390 e. The summed E-state index contributed by atoms with van der Waals surface area (Å²) in [5.74, 6) is 0.920. The lowest BCUT2D eigenvalue weighted by atomic mass is 9.94. The number of anilines is 1. The number of rotatable bonds is 1. The van der Waals surface area contributed by atoms with E-state index >= 15 is 0 Å². The molecule has 1 N–H and O–H groups in total. The van der Waals surface area contributed by atoms with Gasteiger partial charge in [0, 0.05) is 20.1 Å². The van der Waals surface area contributed by atoms with Crippen LogP contribution in [-0.4, -0.2) is 43.5 Å². The highest BCUT2D eigenvalue weighted by Crippen LogP contribution is 2.28. The molecule has 6 nitrogen and oxygen atoms in total. The summed E-state index contributed by atoms with van der Waals surface area (Å²) in [6, 6.07) is 0. The smallest absolute Gasteiger partial charge is 0.163 e. The van der Waals surface area contributed by atoms with E-state index in [0.717, 1.165) is 42.8 Å². The van der Waals surface area contributed by atoms with Gasteiger partial charge in [0.1, 0.15) is 12.1 Å². The Labute approximate surface area is 105 Å². The average molecular weight is 247 g/mol. The second-order valence-electron chi connectivity index (χ2n) is 5.19. The van der Waals surface area contributed by atoms with Gasteiger partial charge in [-0.3, -0.25) is 4.68 Å². The van der Waals surface area contributed by atoms with Crippen LogP contribution < -0.4 is 4.90 Å². The highest BCUT2D eigenvalue weighted by atomic mass is 16.3. The molecule has 0 spiro atoms. The van der Waals surface area contributed by atoms with Gasteiger partial charge in [0.2, 0.25) is 0 Å². The zero-order valence-electron chi connectivity index (χ0n) is 10.7. The molecule has 0 bridgehead atoms. The second-order valence-corrected chi connectivity index (χ2v) is 5.19. The van der Waals surface area contributed by atoms with Gasteiger partial charge in [0.05, 0.1) is 17.2 Å². The number of hydrogen-bond donors (Lipinski definition) is 1. The van der Waals surface area contributed by atoms with Crippen molar-refractivity contribution < 1.29 is 5.11 Å². The maximum atomic E-state index is 9.98. The van der Waals surface area contributed by atoms with Crippen LogP contribution in [0.1, 0.15) is 19.8 Å².